The van der Waals surface area contributed by atoms with Crippen molar-refractivity contribution in [2.75, 3.05) is 19.8 Å². The van der Waals surface area contributed by atoms with Crippen molar-refractivity contribution in [2.45, 2.75) is 134 Å². The molecular formula is C24H47NO6. The summed E-state index contributed by atoms with van der Waals surface area (Å²) < 4.78 is 21.9. The molecule has 31 heavy (non-hydrogen) atoms. The number of nitrogens with two attached hydrogens (primary N) is 1. The second-order valence-corrected chi connectivity index (χ2v) is 9.12. The zero-order valence-corrected chi connectivity index (χ0v) is 19.6. The van der Waals surface area contributed by atoms with Gasteiger partial charge in [-0.05, 0) is 6.42 Å². The summed E-state index contributed by atoms with van der Waals surface area (Å²) in [6.07, 6.45) is 14.3. The van der Waals surface area contributed by atoms with Gasteiger partial charge in [0.2, 0.25) is 0 Å². The molecule has 0 radical (unpaired) electrons. The number of epoxide rings is 1. The lowest BCUT2D eigenvalue weighted by Gasteiger charge is -2.31. The van der Waals surface area contributed by atoms with Crippen LogP contribution in [0.1, 0.15) is 96.8 Å². The van der Waals surface area contributed by atoms with E-state index in [1.165, 1.54) is 83.5 Å². The molecule has 0 aromatic carbocycles. The fourth-order valence-corrected chi connectivity index (χ4v) is 4.11. The van der Waals surface area contributed by atoms with Crippen LogP contribution in [-0.2, 0) is 18.9 Å². The van der Waals surface area contributed by atoms with Crippen molar-refractivity contribution in [3.05, 3.63) is 0 Å². The molecule has 2 rings (SSSR count). The first-order valence-electron chi connectivity index (χ1n) is 12.8. The quantitative estimate of drug-likeness (QED) is 0.194. The Hall–Kier alpha value is -0.280. The zero-order valence-electron chi connectivity index (χ0n) is 19.6. The Labute approximate surface area is 189 Å². The van der Waals surface area contributed by atoms with Gasteiger partial charge >= 0.3 is 0 Å². The number of fused-ring (bicyclic) bond motifs is 1. The highest BCUT2D eigenvalue weighted by Gasteiger charge is 2.56. The largest absolute Gasteiger partial charge is 0.387 e. The Balaban J connectivity index is 1.35. The topological polar surface area (TPSA) is 107 Å². The second-order valence-electron chi connectivity index (χ2n) is 9.12. The molecule has 0 aromatic heterocycles. The standard InChI is InChI=1S/C24H47NO6/c1-2-3-4-5-6-7-8-9-10-11-12-13-14-15-16-28-18-19(17-25)29-23-21(27)20(26)22-24(30-22)31-23/h19-24,26-27H,2-18,25H2,1H3/t19?,20?,21-,22+,23+,24?/m0/s1. The Morgan fingerprint density at radius 3 is 1.87 bits per heavy atom. The van der Waals surface area contributed by atoms with Crippen molar-refractivity contribution in [1.29, 1.82) is 0 Å². The van der Waals surface area contributed by atoms with Gasteiger partial charge in [-0.1, -0.05) is 90.4 Å². The molecule has 7 heteroatoms. The number of rotatable bonds is 20. The van der Waals surface area contributed by atoms with E-state index in [0.717, 1.165) is 6.42 Å². The highest BCUT2D eigenvalue weighted by atomic mass is 16.8. The van der Waals surface area contributed by atoms with Crippen LogP contribution in [0, 0.1) is 0 Å². The highest BCUT2D eigenvalue weighted by molar-refractivity contribution is 4.95. The predicted octanol–water partition coefficient (Wildman–Crippen LogP) is 3.63. The highest BCUT2D eigenvalue weighted by Crippen LogP contribution is 2.36. The van der Waals surface area contributed by atoms with Crippen molar-refractivity contribution in [3.63, 3.8) is 0 Å². The molecule has 0 spiro atoms. The van der Waals surface area contributed by atoms with Crippen LogP contribution in [0.15, 0.2) is 0 Å². The van der Waals surface area contributed by atoms with E-state index >= 15 is 0 Å². The molecule has 2 aliphatic rings. The van der Waals surface area contributed by atoms with Gasteiger partial charge in [0.15, 0.2) is 12.6 Å². The van der Waals surface area contributed by atoms with E-state index in [9.17, 15) is 10.2 Å². The molecule has 6 atom stereocenters. The maximum atomic E-state index is 10.0. The first-order chi connectivity index (χ1) is 15.2. The Morgan fingerprint density at radius 2 is 1.32 bits per heavy atom. The van der Waals surface area contributed by atoms with E-state index in [1.54, 1.807) is 0 Å². The maximum Gasteiger partial charge on any atom is 0.190 e. The van der Waals surface area contributed by atoms with Gasteiger partial charge in [0.25, 0.3) is 0 Å². The number of hydrogen-bond acceptors (Lipinski definition) is 7. The van der Waals surface area contributed by atoms with Gasteiger partial charge in [-0.15, -0.1) is 0 Å². The molecule has 2 fully saturated rings. The van der Waals surface area contributed by atoms with Crippen LogP contribution in [0.5, 0.6) is 0 Å². The van der Waals surface area contributed by atoms with Gasteiger partial charge in [-0.2, -0.15) is 0 Å². The van der Waals surface area contributed by atoms with Gasteiger partial charge in [-0.25, -0.2) is 0 Å². The van der Waals surface area contributed by atoms with Crippen LogP contribution >= 0.6 is 0 Å². The van der Waals surface area contributed by atoms with Crippen LogP contribution in [0.2, 0.25) is 0 Å². The summed E-state index contributed by atoms with van der Waals surface area (Å²) in [4.78, 5) is 0. The lowest BCUT2D eigenvalue weighted by atomic mass is 10.0. The van der Waals surface area contributed by atoms with Gasteiger partial charge in [0.1, 0.15) is 18.3 Å². The number of aliphatic hydroxyl groups is 2. The van der Waals surface area contributed by atoms with Crippen molar-refractivity contribution in [3.8, 4) is 0 Å². The molecule has 0 amide bonds. The third kappa shape index (κ3) is 10.9. The fraction of sp³-hybridized carbons (Fsp3) is 1.00. The Morgan fingerprint density at radius 1 is 0.774 bits per heavy atom. The third-order valence-corrected chi connectivity index (χ3v) is 6.25. The monoisotopic (exact) mass is 445 g/mol. The SMILES string of the molecule is CCCCCCCCCCCCCCCCOCC(CN)O[C@@H]1OC2O[C@@H]2C(O)[C@@H]1O. The molecule has 7 nitrogen and oxygen atoms in total. The summed E-state index contributed by atoms with van der Waals surface area (Å²) in [5, 5.41) is 19.9. The zero-order chi connectivity index (χ0) is 22.3. The molecule has 0 bridgehead atoms. The fourth-order valence-electron chi connectivity index (χ4n) is 4.11. The summed E-state index contributed by atoms with van der Waals surface area (Å²) in [5.74, 6) is 0. The summed E-state index contributed by atoms with van der Waals surface area (Å²) in [5.41, 5.74) is 5.75. The molecule has 0 aliphatic carbocycles. The molecule has 4 N–H and O–H groups in total. The van der Waals surface area contributed by atoms with Crippen molar-refractivity contribution in [2.24, 2.45) is 5.73 Å². The second kappa shape index (κ2) is 16.4. The average Bonchev–Trinajstić information content (AvgIpc) is 3.55. The number of hydrogen-bond donors (Lipinski definition) is 3. The summed E-state index contributed by atoms with van der Waals surface area (Å²) in [7, 11) is 0. The van der Waals surface area contributed by atoms with E-state index in [1.807, 2.05) is 0 Å². The molecule has 184 valence electrons. The van der Waals surface area contributed by atoms with Crippen LogP contribution in [0.4, 0.5) is 0 Å². The minimum absolute atomic E-state index is 0.260. The normalized spacial score (nSPS) is 28.5. The van der Waals surface area contributed by atoms with Crippen LogP contribution in [0.25, 0.3) is 0 Å². The lowest BCUT2D eigenvalue weighted by Crippen LogP contribution is -2.51. The lowest BCUT2D eigenvalue weighted by molar-refractivity contribution is -0.262. The van der Waals surface area contributed by atoms with Gasteiger partial charge in [0, 0.05) is 13.2 Å². The minimum Gasteiger partial charge on any atom is -0.387 e. The molecule has 2 heterocycles. The van der Waals surface area contributed by atoms with E-state index in [0.29, 0.717) is 13.2 Å². The van der Waals surface area contributed by atoms with E-state index < -0.39 is 30.9 Å². The molecule has 0 saturated carbocycles. The predicted molar refractivity (Wildman–Crippen MR) is 121 cm³/mol. The smallest absolute Gasteiger partial charge is 0.190 e. The minimum atomic E-state index is -1.14. The van der Waals surface area contributed by atoms with Gasteiger partial charge in [0.05, 0.1) is 12.7 Å². The number of aliphatic hydroxyl groups excluding tert-OH is 2. The summed E-state index contributed by atoms with van der Waals surface area (Å²) >= 11 is 0. The van der Waals surface area contributed by atoms with Crippen LogP contribution in [0.3, 0.4) is 0 Å². The van der Waals surface area contributed by atoms with Crippen molar-refractivity contribution in [1.82, 2.24) is 0 Å². The molecular weight excluding hydrogens is 398 g/mol. The molecule has 0 aromatic rings. The van der Waals surface area contributed by atoms with Crippen molar-refractivity contribution >= 4 is 0 Å². The van der Waals surface area contributed by atoms with Crippen LogP contribution in [-0.4, -0.2) is 67.0 Å². The van der Waals surface area contributed by atoms with E-state index in [-0.39, 0.29) is 12.6 Å². The Bertz CT molecular complexity index is 440. The Kier molecular flexibility index (Phi) is 14.2. The van der Waals surface area contributed by atoms with Crippen LogP contribution < -0.4 is 5.73 Å². The number of ether oxygens (including phenoxy) is 4. The first kappa shape index (κ1) is 27.0. The molecule has 2 aliphatic heterocycles. The summed E-state index contributed by atoms with van der Waals surface area (Å²) in [6, 6.07) is 0. The van der Waals surface area contributed by atoms with Gasteiger partial charge in [-0.3, -0.25) is 0 Å². The summed E-state index contributed by atoms with van der Waals surface area (Å²) in [6.45, 7) is 3.57. The van der Waals surface area contributed by atoms with Crippen molar-refractivity contribution < 1.29 is 29.2 Å². The molecule has 3 unspecified atom stereocenters. The maximum absolute atomic E-state index is 10.0. The van der Waals surface area contributed by atoms with Gasteiger partial charge < -0.3 is 34.9 Å². The van der Waals surface area contributed by atoms with E-state index in [2.05, 4.69) is 6.92 Å². The third-order valence-electron chi connectivity index (χ3n) is 6.25. The molecule has 2 saturated heterocycles. The van der Waals surface area contributed by atoms with E-state index in [4.69, 9.17) is 24.7 Å². The average molecular weight is 446 g/mol. The number of unbranched alkanes of at least 4 members (excludes halogenated alkanes) is 13. The first-order valence-corrected chi connectivity index (χ1v) is 12.8.